The van der Waals surface area contributed by atoms with Crippen molar-refractivity contribution in [2.24, 2.45) is 0 Å². The lowest BCUT2D eigenvalue weighted by Crippen LogP contribution is -2.34. The molecular weight excluding hydrogens is 274 g/mol. The fraction of sp³-hybridized carbons (Fsp3) is 0.800. The van der Waals surface area contributed by atoms with Crippen LogP contribution in [0.2, 0.25) is 5.15 Å². The zero-order chi connectivity index (χ0) is 13.9. The van der Waals surface area contributed by atoms with E-state index in [0.29, 0.717) is 17.3 Å². The summed E-state index contributed by atoms with van der Waals surface area (Å²) in [6, 6.07) is 0.380. The Morgan fingerprint density at radius 3 is 2.75 bits per heavy atom. The fourth-order valence-corrected chi connectivity index (χ4v) is 3.64. The summed E-state index contributed by atoms with van der Waals surface area (Å²) in [5.74, 6) is 0.770. The van der Waals surface area contributed by atoms with Gasteiger partial charge in [-0.2, -0.15) is 5.10 Å². The maximum absolute atomic E-state index is 6.48. The first-order valence-corrected chi connectivity index (χ1v) is 8.20. The van der Waals surface area contributed by atoms with Gasteiger partial charge in [0.2, 0.25) is 0 Å². The highest BCUT2D eigenvalue weighted by Crippen LogP contribution is 2.32. The van der Waals surface area contributed by atoms with Gasteiger partial charge in [0.15, 0.2) is 10.9 Å². The maximum Gasteiger partial charge on any atom is 0.176 e. The molecular formula is C15H24ClN3O. The molecule has 0 N–H and O–H groups in total. The highest BCUT2D eigenvalue weighted by atomic mass is 35.5. The van der Waals surface area contributed by atoms with E-state index in [4.69, 9.17) is 16.3 Å². The smallest absolute Gasteiger partial charge is 0.176 e. The highest BCUT2D eigenvalue weighted by Gasteiger charge is 2.24. The first kappa shape index (κ1) is 14.2. The minimum absolute atomic E-state index is 0.327. The minimum Gasteiger partial charge on any atom is -0.486 e. The number of hydrogen-bond acceptors (Lipinski definition) is 3. The Bertz CT molecular complexity index is 442. The summed E-state index contributed by atoms with van der Waals surface area (Å²) in [6.07, 6.45) is 10.6. The number of likely N-dealkylation sites (N-methyl/N-ethyl adjacent to an activating group) is 1. The topological polar surface area (TPSA) is 30.3 Å². The molecule has 0 aromatic carbocycles. The van der Waals surface area contributed by atoms with Crippen LogP contribution in [0.3, 0.4) is 0 Å². The third-order valence-electron chi connectivity index (χ3n) is 4.50. The van der Waals surface area contributed by atoms with Crippen LogP contribution in [-0.2, 0) is 0 Å². The van der Waals surface area contributed by atoms with Crippen LogP contribution in [0.15, 0.2) is 6.20 Å². The number of likely N-dealkylation sites (tertiary alicyclic amines) is 1. The third kappa shape index (κ3) is 3.12. The molecule has 112 valence electrons. The van der Waals surface area contributed by atoms with E-state index >= 15 is 0 Å². The van der Waals surface area contributed by atoms with Gasteiger partial charge < -0.3 is 9.64 Å². The molecule has 2 heterocycles. The van der Waals surface area contributed by atoms with Crippen molar-refractivity contribution in [3.63, 3.8) is 0 Å². The first-order chi connectivity index (χ1) is 9.74. The Kier molecular flexibility index (Phi) is 4.51. The van der Waals surface area contributed by atoms with Gasteiger partial charge in [-0.3, -0.25) is 0 Å². The van der Waals surface area contributed by atoms with Gasteiger partial charge in [0.25, 0.3) is 0 Å². The summed E-state index contributed by atoms with van der Waals surface area (Å²) < 4.78 is 8.01. The van der Waals surface area contributed by atoms with E-state index in [9.17, 15) is 0 Å². The van der Waals surface area contributed by atoms with Crippen molar-refractivity contribution in [3.05, 3.63) is 11.3 Å². The van der Waals surface area contributed by atoms with Crippen LogP contribution < -0.4 is 4.74 Å². The predicted molar refractivity (Wildman–Crippen MR) is 80.5 cm³/mol. The number of aromatic nitrogens is 2. The molecule has 1 aromatic heterocycles. The van der Waals surface area contributed by atoms with Crippen LogP contribution in [0, 0.1) is 0 Å². The summed E-state index contributed by atoms with van der Waals surface area (Å²) in [5, 5.41) is 5.15. The number of ether oxygens (including phenoxy) is 1. The zero-order valence-corrected chi connectivity index (χ0v) is 13.0. The van der Waals surface area contributed by atoms with Crippen LogP contribution in [0.1, 0.15) is 51.0 Å². The van der Waals surface area contributed by atoms with Crippen molar-refractivity contribution >= 4 is 11.6 Å². The number of nitrogens with zero attached hydrogens (tertiary/aromatic N) is 3. The molecule has 1 atom stereocenters. The molecule has 1 aromatic rings. The van der Waals surface area contributed by atoms with Gasteiger partial charge >= 0.3 is 0 Å². The number of rotatable bonds is 3. The molecule has 1 saturated carbocycles. The average Bonchev–Trinajstić information content (AvgIpc) is 2.81. The molecule has 1 unspecified atom stereocenters. The van der Waals surface area contributed by atoms with Crippen LogP contribution >= 0.6 is 11.6 Å². The molecule has 3 rings (SSSR count). The normalized spacial score (nSPS) is 25.8. The predicted octanol–water partition coefficient (Wildman–Crippen LogP) is 3.51. The lowest BCUT2D eigenvalue weighted by atomic mass is 9.98. The molecule has 1 aliphatic heterocycles. The van der Waals surface area contributed by atoms with Gasteiger partial charge in [-0.05, 0) is 52.1 Å². The number of hydrogen-bond donors (Lipinski definition) is 0. The molecule has 0 bridgehead atoms. The van der Waals surface area contributed by atoms with E-state index in [1.165, 1.54) is 32.2 Å². The zero-order valence-electron chi connectivity index (χ0n) is 12.2. The van der Waals surface area contributed by atoms with Gasteiger partial charge in [-0.15, -0.1) is 0 Å². The number of halogens is 1. The second-order valence-corrected chi connectivity index (χ2v) is 6.54. The van der Waals surface area contributed by atoms with Crippen molar-refractivity contribution in [2.75, 3.05) is 20.1 Å². The summed E-state index contributed by atoms with van der Waals surface area (Å²) in [6.45, 7) is 2.19. The SMILES string of the molecule is CN1CCCC(n2ncc(OC3CCCCC3)c2Cl)C1. The molecule has 1 saturated heterocycles. The largest absolute Gasteiger partial charge is 0.486 e. The summed E-state index contributed by atoms with van der Waals surface area (Å²) >= 11 is 6.48. The van der Waals surface area contributed by atoms with Crippen LogP contribution in [0.25, 0.3) is 0 Å². The van der Waals surface area contributed by atoms with Crippen molar-refractivity contribution in [1.29, 1.82) is 0 Å². The van der Waals surface area contributed by atoms with Crippen molar-refractivity contribution < 1.29 is 4.74 Å². The molecule has 0 radical (unpaired) electrons. The monoisotopic (exact) mass is 297 g/mol. The quantitative estimate of drug-likeness (QED) is 0.855. The third-order valence-corrected chi connectivity index (χ3v) is 4.85. The standard InChI is InChI=1S/C15H24ClN3O/c1-18-9-5-6-12(11-18)19-15(16)14(10-17-19)20-13-7-3-2-4-8-13/h10,12-13H,2-9,11H2,1H3. The highest BCUT2D eigenvalue weighted by molar-refractivity contribution is 6.31. The summed E-state index contributed by atoms with van der Waals surface area (Å²) in [5.41, 5.74) is 0. The van der Waals surface area contributed by atoms with Gasteiger partial charge in [-0.25, -0.2) is 4.68 Å². The minimum atomic E-state index is 0.327. The molecule has 0 amide bonds. The number of piperidine rings is 1. The summed E-state index contributed by atoms with van der Waals surface area (Å²) in [4.78, 5) is 2.34. The van der Waals surface area contributed by atoms with Crippen LogP contribution in [-0.4, -0.2) is 40.9 Å². The van der Waals surface area contributed by atoms with E-state index in [-0.39, 0.29) is 0 Å². The van der Waals surface area contributed by atoms with Crippen LogP contribution in [0.5, 0.6) is 5.75 Å². The lowest BCUT2D eigenvalue weighted by Gasteiger charge is -2.30. The molecule has 5 heteroatoms. The first-order valence-electron chi connectivity index (χ1n) is 7.82. The molecule has 2 aliphatic rings. The molecule has 2 fully saturated rings. The second-order valence-electron chi connectivity index (χ2n) is 6.18. The average molecular weight is 298 g/mol. The van der Waals surface area contributed by atoms with E-state index in [0.717, 1.165) is 31.6 Å². The van der Waals surface area contributed by atoms with E-state index in [1.54, 1.807) is 6.20 Å². The van der Waals surface area contributed by atoms with Crippen molar-refractivity contribution in [2.45, 2.75) is 57.1 Å². The molecule has 0 spiro atoms. The van der Waals surface area contributed by atoms with Gasteiger partial charge in [-0.1, -0.05) is 18.0 Å². The maximum atomic E-state index is 6.48. The Morgan fingerprint density at radius 1 is 1.20 bits per heavy atom. The van der Waals surface area contributed by atoms with E-state index < -0.39 is 0 Å². The van der Waals surface area contributed by atoms with Gasteiger partial charge in [0.1, 0.15) is 0 Å². The summed E-state index contributed by atoms with van der Waals surface area (Å²) in [7, 11) is 2.16. The van der Waals surface area contributed by atoms with Gasteiger partial charge in [0, 0.05) is 6.54 Å². The van der Waals surface area contributed by atoms with Crippen LogP contribution in [0.4, 0.5) is 0 Å². The Morgan fingerprint density at radius 2 is 2.00 bits per heavy atom. The van der Waals surface area contributed by atoms with Crippen molar-refractivity contribution in [3.8, 4) is 5.75 Å². The molecule has 1 aliphatic carbocycles. The van der Waals surface area contributed by atoms with Crippen molar-refractivity contribution in [1.82, 2.24) is 14.7 Å². The lowest BCUT2D eigenvalue weighted by molar-refractivity contribution is 0.154. The second kappa shape index (κ2) is 6.35. The van der Waals surface area contributed by atoms with E-state index in [1.807, 2.05) is 4.68 Å². The Hall–Kier alpha value is -0.740. The van der Waals surface area contributed by atoms with E-state index in [2.05, 4.69) is 17.0 Å². The Balaban J connectivity index is 1.67. The fourth-order valence-electron chi connectivity index (χ4n) is 3.37. The van der Waals surface area contributed by atoms with Gasteiger partial charge in [0.05, 0.1) is 18.3 Å². The Labute approximate surface area is 126 Å². The molecule has 4 nitrogen and oxygen atoms in total. The molecule has 20 heavy (non-hydrogen) atoms.